The van der Waals surface area contributed by atoms with Crippen LogP contribution in [0.5, 0.6) is 0 Å². The van der Waals surface area contributed by atoms with Crippen molar-refractivity contribution >= 4 is 11.8 Å². The molecule has 0 aromatic carbocycles. The molecule has 0 aromatic heterocycles. The Morgan fingerprint density at radius 2 is 2.12 bits per heavy atom. The first kappa shape index (κ1) is 12.4. The fraction of sp³-hybridized carbons (Fsp3) is 0.833. The maximum atomic E-state index is 11.8. The molecule has 2 rings (SSSR count). The predicted octanol–water partition coefficient (Wildman–Crippen LogP) is -0.229. The van der Waals surface area contributed by atoms with Crippen LogP contribution in [0.15, 0.2) is 0 Å². The van der Waals surface area contributed by atoms with Gasteiger partial charge in [0, 0.05) is 13.1 Å². The largest absolute Gasteiger partial charge is 0.355 e. The zero-order chi connectivity index (χ0) is 12.1. The molecular weight excluding hydrogens is 218 g/mol. The summed E-state index contributed by atoms with van der Waals surface area (Å²) in [7, 11) is 0. The highest BCUT2D eigenvalue weighted by atomic mass is 16.2. The van der Waals surface area contributed by atoms with Crippen molar-refractivity contribution in [1.29, 1.82) is 0 Å². The van der Waals surface area contributed by atoms with Gasteiger partial charge in [0.1, 0.15) is 6.04 Å². The van der Waals surface area contributed by atoms with Crippen LogP contribution in [0.1, 0.15) is 32.1 Å². The van der Waals surface area contributed by atoms with Crippen molar-refractivity contribution in [2.24, 2.45) is 5.92 Å². The average molecular weight is 239 g/mol. The van der Waals surface area contributed by atoms with Crippen LogP contribution in [0.2, 0.25) is 0 Å². The van der Waals surface area contributed by atoms with Crippen molar-refractivity contribution in [3.63, 3.8) is 0 Å². The van der Waals surface area contributed by atoms with E-state index in [2.05, 4.69) is 16.0 Å². The van der Waals surface area contributed by atoms with E-state index in [0.29, 0.717) is 6.54 Å². The lowest BCUT2D eigenvalue weighted by Gasteiger charge is -2.23. The lowest BCUT2D eigenvalue weighted by atomic mass is 10.0. The molecule has 3 N–H and O–H groups in total. The molecule has 96 valence electrons. The fourth-order valence-corrected chi connectivity index (χ4v) is 2.57. The van der Waals surface area contributed by atoms with Gasteiger partial charge in [0.15, 0.2) is 0 Å². The third-order valence-corrected chi connectivity index (χ3v) is 3.66. The molecule has 1 aliphatic carbocycles. The molecule has 2 amide bonds. The van der Waals surface area contributed by atoms with Gasteiger partial charge in [0.05, 0.1) is 6.54 Å². The van der Waals surface area contributed by atoms with Crippen molar-refractivity contribution in [1.82, 2.24) is 16.0 Å². The molecule has 0 spiro atoms. The Bertz CT molecular complexity index is 277. The number of hydrogen-bond donors (Lipinski definition) is 3. The number of nitrogens with one attached hydrogen (secondary N) is 3. The van der Waals surface area contributed by atoms with Gasteiger partial charge in [-0.15, -0.1) is 0 Å². The average Bonchev–Trinajstić information content (AvgIpc) is 2.83. The first-order chi connectivity index (χ1) is 8.25. The summed E-state index contributed by atoms with van der Waals surface area (Å²) in [4.78, 5) is 22.7. The molecule has 5 heteroatoms. The molecule has 2 fully saturated rings. The SMILES string of the molecule is O=C1CNC(C(=O)NCCC2CCCC2)CN1. The van der Waals surface area contributed by atoms with Crippen LogP contribution in [0.4, 0.5) is 0 Å². The molecule has 2 aliphatic rings. The van der Waals surface area contributed by atoms with Gasteiger partial charge < -0.3 is 10.6 Å². The third kappa shape index (κ3) is 3.70. The van der Waals surface area contributed by atoms with Gasteiger partial charge in [-0.25, -0.2) is 0 Å². The summed E-state index contributed by atoms with van der Waals surface area (Å²) in [6.45, 7) is 1.39. The van der Waals surface area contributed by atoms with E-state index < -0.39 is 0 Å². The summed E-state index contributed by atoms with van der Waals surface area (Å²) < 4.78 is 0. The number of carbonyl (C=O) groups excluding carboxylic acids is 2. The Balaban J connectivity index is 1.61. The van der Waals surface area contributed by atoms with Gasteiger partial charge in [-0.2, -0.15) is 0 Å². The Hall–Kier alpha value is -1.10. The highest BCUT2D eigenvalue weighted by molar-refractivity contribution is 5.86. The number of carbonyl (C=O) groups is 2. The molecule has 0 bridgehead atoms. The molecule has 0 radical (unpaired) electrons. The zero-order valence-electron chi connectivity index (χ0n) is 10.1. The van der Waals surface area contributed by atoms with E-state index in [9.17, 15) is 9.59 Å². The Kier molecular flexibility index (Phi) is 4.36. The molecular formula is C12H21N3O2. The van der Waals surface area contributed by atoms with Crippen molar-refractivity contribution < 1.29 is 9.59 Å². The quantitative estimate of drug-likeness (QED) is 0.635. The standard InChI is InChI=1S/C12H21N3O2/c16-11-8-14-10(7-15-11)12(17)13-6-5-9-3-1-2-4-9/h9-10,14H,1-8H2,(H,13,17)(H,15,16). The van der Waals surface area contributed by atoms with Gasteiger partial charge in [0.25, 0.3) is 0 Å². The van der Waals surface area contributed by atoms with Gasteiger partial charge >= 0.3 is 0 Å². The molecule has 1 aliphatic heterocycles. The summed E-state index contributed by atoms with van der Waals surface area (Å²) in [5.74, 6) is 0.761. The van der Waals surface area contributed by atoms with E-state index in [1.54, 1.807) is 0 Å². The van der Waals surface area contributed by atoms with Gasteiger partial charge in [-0.05, 0) is 12.3 Å². The Morgan fingerprint density at radius 3 is 2.76 bits per heavy atom. The maximum absolute atomic E-state index is 11.8. The lowest BCUT2D eigenvalue weighted by Crippen LogP contribution is -2.58. The van der Waals surface area contributed by atoms with Crippen molar-refractivity contribution in [3.05, 3.63) is 0 Å². The van der Waals surface area contributed by atoms with E-state index in [4.69, 9.17) is 0 Å². The number of hydrogen-bond acceptors (Lipinski definition) is 3. The third-order valence-electron chi connectivity index (χ3n) is 3.66. The van der Waals surface area contributed by atoms with Crippen LogP contribution in [-0.4, -0.2) is 37.5 Å². The van der Waals surface area contributed by atoms with E-state index in [-0.39, 0.29) is 24.4 Å². The van der Waals surface area contributed by atoms with E-state index in [1.165, 1.54) is 25.7 Å². The molecule has 1 heterocycles. The number of rotatable bonds is 4. The minimum absolute atomic E-state index is 0.00277. The van der Waals surface area contributed by atoms with Crippen LogP contribution < -0.4 is 16.0 Å². The summed E-state index contributed by atoms with van der Waals surface area (Å²) in [5, 5.41) is 8.55. The van der Waals surface area contributed by atoms with Crippen LogP contribution in [0, 0.1) is 5.92 Å². The summed E-state index contributed by atoms with van der Waals surface area (Å²) >= 11 is 0. The van der Waals surface area contributed by atoms with Gasteiger partial charge in [-0.3, -0.25) is 14.9 Å². The fourth-order valence-electron chi connectivity index (χ4n) is 2.57. The van der Waals surface area contributed by atoms with Crippen LogP contribution >= 0.6 is 0 Å². The summed E-state index contributed by atoms with van der Waals surface area (Å²) in [5.41, 5.74) is 0. The number of amides is 2. The molecule has 1 saturated heterocycles. The van der Waals surface area contributed by atoms with Gasteiger partial charge in [-0.1, -0.05) is 25.7 Å². The second-order valence-electron chi connectivity index (χ2n) is 4.97. The minimum Gasteiger partial charge on any atom is -0.355 e. The molecule has 5 nitrogen and oxygen atoms in total. The van der Waals surface area contributed by atoms with Crippen molar-refractivity contribution in [3.8, 4) is 0 Å². The zero-order valence-corrected chi connectivity index (χ0v) is 10.1. The molecule has 1 unspecified atom stereocenters. The Labute approximate surface area is 102 Å². The summed E-state index contributed by atoms with van der Waals surface area (Å²) in [6, 6.07) is -0.267. The lowest BCUT2D eigenvalue weighted by molar-refractivity contribution is -0.126. The highest BCUT2D eigenvalue weighted by Crippen LogP contribution is 2.26. The van der Waals surface area contributed by atoms with E-state index in [1.807, 2.05) is 0 Å². The minimum atomic E-state index is -0.267. The predicted molar refractivity (Wildman–Crippen MR) is 64.4 cm³/mol. The normalized spacial score (nSPS) is 25.6. The molecule has 0 aromatic rings. The monoisotopic (exact) mass is 239 g/mol. The molecule has 1 atom stereocenters. The smallest absolute Gasteiger partial charge is 0.238 e. The first-order valence-electron chi connectivity index (χ1n) is 6.53. The maximum Gasteiger partial charge on any atom is 0.238 e. The van der Waals surface area contributed by atoms with E-state index in [0.717, 1.165) is 18.9 Å². The highest BCUT2D eigenvalue weighted by Gasteiger charge is 2.23. The van der Waals surface area contributed by atoms with Crippen LogP contribution in [-0.2, 0) is 9.59 Å². The first-order valence-corrected chi connectivity index (χ1v) is 6.53. The van der Waals surface area contributed by atoms with Crippen molar-refractivity contribution in [2.75, 3.05) is 19.6 Å². The van der Waals surface area contributed by atoms with Crippen molar-refractivity contribution in [2.45, 2.75) is 38.1 Å². The van der Waals surface area contributed by atoms with E-state index >= 15 is 0 Å². The van der Waals surface area contributed by atoms with Gasteiger partial charge in [0.2, 0.25) is 11.8 Å². The molecule has 17 heavy (non-hydrogen) atoms. The second-order valence-corrected chi connectivity index (χ2v) is 4.97. The summed E-state index contributed by atoms with van der Waals surface area (Å²) in [6.07, 6.45) is 6.40. The molecule has 1 saturated carbocycles. The topological polar surface area (TPSA) is 70.2 Å². The Morgan fingerprint density at radius 1 is 1.35 bits per heavy atom. The van der Waals surface area contributed by atoms with Crippen LogP contribution in [0.25, 0.3) is 0 Å². The van der Waals surface area contributed by atoms with Crippen LogP contribution in [0.3, 0.4) is 0 Å². The number of piperazine rings is 1. The second kappa shape index (κ2) is 6.00.